The summed E-state index contributed by atoms with van der Waals surface area (Å²) >= 11 is 19.0. The third-order valence-electron chi connectivity index (χ3n) is 2.44. The summed E-state index contributed by atoms with van der Waals surface area (Å²) in [5, 5.41) is 0.683. The molecular formula is C13H9Br2Cl2NO2. The van der Waals surface area contributed by atoms with Crippen LogP contribution in [0.3, 0.4) is 0 Å². The number of anilines is 1. The normalized spacial score (nSPS) is 10.4. The minimum atomic E-state index is 0.342. The highest BCUT2D eigenvalue weighted by Crippen LogP contribution is 2.42. The van der Waals surface area contributed by atoms with Crippen molar-refractivity contribution >= 4 is 60.7 Å². The highest BCUT2D eigenvalue weighted by molar-refractivity contribution is 9.11. The third kappa shape index (κ3) is 3.34. The first-order valence-electron chi connectivity index (χ1n) is 5.37. The SMILES string of the molecule is COc1cc(Br)c(Oc2c(Cl)cc(N)cc2Cl)cc1Br. The van der Waals surface area contributed by atoms with Crippen LogP contribution in [0, 0.1) is 0 Å². The molecule has 20 heavy (non-hydrogen) atoms. The van der Waals surface area contributed by atoms with Crippen molar-refractivity contribution in [1.82, 2.24) is 0 Å². The molecule has 0 aliphatic carbocycles. The minimum Gasteiger partial charge on any atom is -0.496 e. The predicted molar refractivity (Wildman–Crippen MR) is 89.3 cm³/mol. The molecule has 2 aromatic carbocycles. The molecule has 7 heteroatoms. The first kappa shape index (κ1) is 15.8. The molecule has 0 aliphatic rings. The molecule has 0 radical (unpaired) electrons. The zero-order chi connectivity index (χ0) is 14.9. The third-order valence-corrected chi connectivity index (χ3v) is 4.24. The summed E-state index contributed by atoms with van der Waals surface area (Å²) in [4.78, 5) is 0. The van der Waals surface area contributed by atoms with E-state index in [4.69, 9.17) is 38.4 Å². The largest absolute Gasteiger partial charge is 0.496 e. The number of benzene rings is 2. The number of nitrogens with two attached hydrogens (primary N) is 1. The summed E-state index contributed by atoms with van der Waals surface area (Å²) in [5.41, 5.74) is 6.13. The molecule has 2 aromatic rings. The van der Waals surface area contributed by atoms with Gasteiger partial charge < -0.3 is 15.2 Å². The fraction of sp³-hybridized carbons (Fsp3) is 0.0769. The second kappa shape index (κ2) is 6.43. The number of rotatable bonds is 3. The van der Waals surface area contributed by atoms with E-state index in [9.17, 15) is 0 Å². The van der Waals surface area contributed by atoms with Crippen LogP contribution in [0.25, 0.3) is 0 Å². The van der Waals surface area contributed by atoms with Gasteiger partial charge in [-0.25, -0.2) is 0 Å². The molecule has 0 amide bonds. The van der Waals surface area contributed by atoms with Gasteiger partial charge in [0.05, 0.1) is 26.1 Å². The number of halogens is 4. The van der Waals surface area contributed by atoms with Crippen LogP contribution in [0.1, 0.15) is 0 Å². The Balaban J connectivity index is 2.43. The molecule has 0 saturated carbocycles. The second-order valence-corrected chi connectivity index (χ2v) is 6.36. The van der Waals surface area contributed by atoms with E-state index >= 15 is 0 Å². The maximum absolute atomic E-state index is 6.09. The summed E-state index contributed by atoms with van der Waals surface area (Å²) < 4.78 is 12.4. The molecule has 0 spiro atoms. The van der Waals surface area contributed by atoms with Gasteiger partial charge >= 0.3 is 0 Å². The molecule has 0 atom stereocenters. The van der Waals surface area contributed by atoms with Crippen LogP contribution in [-0.2, 0) is 0 Å². The molecule has 2 rings (SSSR count). The maximum Gasteiger partial charge on any atom is 0.164 e. The van der Waals surface area contributed by atoms with E-state index in [-0.39, 0.29) is 0 Å². The van der Waals surface area contributed by atoms with Gasteiger partial charge in [0.2, 0.25) is 0 Å². The topological polar surface area (TPSA) is 44.5 Å². The second-order valence-electron chi connectivity index (χ2n) is 3.83. The van der Waals surface area contributed by atoms with Crippen LogP contribution < -0.4 is 15.2 Å². The highest BCUT2D eigenvalue weighted by Gasteiger charge is 2.14. The molecule has 0 aromatic heterocycles. The van der Waals surface area contributed by atoms with Gasteiger partial charge in [-0.3, -0.25) is 0 Å². The summed E-state index contributed by atoms with van der Waals surface area (Å²) in [6, 6.07) is 6.69. The number of methoxy groups -OCH3 is 1. The van der Waals surface area contributed by atoms with Gasteiger partial charge in [0.25, 0.3) is 0 Å². The van der Waals surface area contributed by atoms with Crippen LogP contribution in [0.15, 0.2) is 33.2 Å². The fourth-order valence-corrected chi connectivity index (χ4v) is 3.00. The van der Waals surface area contributed by atoms with Gasteiger partial charge in [0.1, 0.15) is 11.5 Å². The minimum absolute atomic E-state index is 0.342. The van der Waals surface area contributed by atoms with Crippen LogP contribution in [0.4, 0.5) is 5.69 Å². The Hall–Kier alpha value is -0.620. The molecule has 0 unspecified atom stereocenters. The lowest BCUT2D eigenvalue weighted by molar-refractivity contribution is 0.409. The average molecular weight is 442 g/mol. The Morgan fingerprint density at radius 2 is 1.45 bits per heavy atom. The Labute approximate surface area is 143 Å². The number of ether oxygens (including phenoxy) is 2. The highest BCUT2D eigenvalue weighted by atomic mass is 79.9. The van der Waals surface area contributed by atoms with Crippen molar-refractivity contribution in [3.05, 3.63) is 43.3 Å². The molecule has 0 fully saturated rings. The first-order chi connectivity index (χ1) is 9.42. The fourth-order valence-electron chi connectivity index (χ4n) is 1.53. The van der Waals surface area contributed by atoms with Crippen molar-refractivity contribution in [3.63, 3.8) is 0 Å². The lowest BCUT2D eigenvalue weighted by atomic mass is 10.3. The Bertz CT molecular complexity index is 642. The standard InChI is InChI=1S/C13H9Br2Cl2NO2/c1-19-11-4-8(15)12(5-7(11)14)20-13-9(16)2-6(18)3-10(13)17/h2-5H,18H2,1H3. The van der Waals surface area contributed by atoms with Gasteiger partial charge in [-0.1, -0.05) is 23.2 Å². The number of nitrogen functional groups attached to an aromatic ring is 1. The molecule has 106 valence electrons. The quantitative estimate of drug-likeness (QED) is 0.603. The van der Waals surface area contributed by atoms with Gasteiger partial charge in [-0.2, -0.15) is 0 Å². The van der Waals surface area contributed by atoms with Crippen molar-refractivity contribution in [3.8, 4) is 17.2 Å². The zero-order valence-corrected chi connectivity index (χ0v) is 14.9. The Morgan fingerprint density at radius 1 is 0.950 bits per heavy atom. The van der Waals surface area contributed by atoms with E-state index in [1.165, 1.54) is 0 Å². The molecule has 2 N–H and O–H groups in total. The Kier molecular flexibility index (Phi) is 5.07. The predicted octanol–water partition coefficient (Wildman–Crippen LogP) is 5.90. The molecule has 0 aliphatic heterocycles. The van der Waals surface area contributed by atoms with Crippen molar-refractivity contribution in [2.24, 2.45) is 0 Å². The monoisotopic (exact) mass is 439 g/mol. The van der Waals surface area contributed by atoms with Gasteiger partial charge in [0, 0.05) is 5.69 Å². The van der Waals surface area contributed by atoms with Gasteiger partial charge in [-0.05, 0) is 56.1 Å². The summed E-state index contributed by atoms with van der Waals surface area (Å²) in [6.07, 6.45) is 0. The molecular weight excluding hydrogens is 433 g/mol. The molecule has 0 bridgehead atoms. The van der Waals surface area contributed by atoms with Crippen LogP contribution in [-0.4, -0.2) is 7.11 Å². The van der Waals surface area contributed by atoms with E-state index in [1.54, 1.807) is 31.4 Å². The van der Waals surface area contributed by atoms with E-state index in [2.05, 4.69) is 31.9 Å². The van der Waals surface area contributed by atoms with Crippen molar-refractivity contribution < 1.29 is 9.47 Å². The lowest BCUT2D eigenvalue weighted by Crippen LogP contribution is -1.92. The number of hydrogen-bond acceptors (Lipinski definition) is 3. The van der Waals surface area contributed by atoms with Crippen LogP contribution in [0.5, 0.6) is 17.2 Å². The summed E-state index contributed by atoms with van der Waals surface area (Å²) in [6.45, 7) is 0. The molecule has 0 saturated heterocycles. The summed E-state index contributed by atoms with van der Waals surface area (Å²) in [5.74, 6) is 1.57. The number of hydrogen-bond donors (Lipinski definition) is 1. The molecule has 0 heterocycles. The van der Waals surface area contributed by atoms with E-state index in [0.717, 1.165) is 4.47 Å². The summed E-state index contributed by atoms with van der Waals surface area (Å²) in [7, 11) is 1.58. The van der Waals surface area contributed by atoms with Crippen LogP contribution >= 0.6 is 55.1 Å². The first-order valence-corrected chi connectivity index (χ1v) is 7.72. The van der Waals surface area contributed by atoms with Crippen molar-refractivity contribution in [1.29, 1.82) is 0 Å². The lowest BCUT2D eigenvalue weighted by Gasteiger charge is -2.13. The average Bonchev–Trinajstić information content (AvgIpc) is 2.37. The van der Waals surface area contributed by atoms with E-state index < -0.39 is 0 Å². The maximum atomic E-state index is 6.09. The van der Waals surface area contributed by atoms with Gasteiger partial charge in [0.15, 0.2) is 5.75 Å². The zero-order valence-electron chi connectivity index (χ0n) is 10.2. The smallest absolute Gasteiger partial charge is 0.164 e. The van der Waals surface area contributed by atoms with E-state index in [1.807, 2.05) is 0 Å². The van der Waals surface area contributed by atoms with Crippen LogP contribution in [0.2, 0.25) is 10.0 Å². The van der Waals surface area contributed by atoms with Crippen molar-refractivity contribution in [2.75, 3.05) is 12.8 Å². The molecule has 3 nitrogen and oxygen atoms in total. The van der Waals surface area contributed by atoms with Crippen molar-refractivity contribution in [2.45, 2.75) is 0 Å². The van der Waals surface area contributed by atoms with Gasteiger partial charge in [-0.15, -0.1) is 0 Å². The Morgan fingerprint density at radius 3 is 2.00 bits per heavy atom. The van der Waals surface area contributed by atoms with E-state index in [0.29, 0.717) is 37.5 Å².